The van der Waals surface area contributed by atoms with E-state index in [-0.39, 0.29) is 17.3 Å². The number of hydrogen-bond donors (Lipinski definition) is 1. The monoisotopic (exact) mass is 373 g/mol. The molecule has 1 amide bonds. The summed E-state index contributed by atoms with van der Waals surface area (Å²) in [6.07, 6.45) is 3.36. The molecule has 140 valence electrons. The van der Waals surface area contributed by atoms with Gasteiger partial charge in [-0.05, 0) is 49.2 Å². The first-order chi connectivity index (χ1) is 13.4. The molecule has 0 fully saturated rings. The molecule has 0 spiro atoms. The second-order valence-electron chi connectivity index (χ2n) is 6.77. The van der Waals surface area contributed by atoms with E-state index in [1.165, 1.54) is 0 Å². The molecule has 1 aliphatic rings. The molecule has 2 aromatic heterocycles. The Hall–Kier alpha value is -3.61. The van der Waals surface area contributed by atoms with E-state index in [2.05, 4.69) is 20.3 Å². The van der Waals surface area contributed by atoms with Crippen LogP contribution in [0, 0.1) is 13.8 Å². The molecule has 0 saturated carbocycles. The van der Waals surface area contributed by atoms with Crippen LogP contribution in [0.15, 0.2) is 51.3 Å². The number of carbonyl (C=O) groups excluding carboxylic acids is 1. The quantitative estimate of drug-likeness (QED) is 0.765. The first-order valence-electron chi connectivity index (χ1n) is 8.90. The minimum atomic E-state index is -0.366. The molecule has 1 N–H and O–H groups in total. The Bertz CT molecular complexity index is 1240. The van der Waals surface area contributed by atoms with Crippen LogP contribution >= 0.6 is 0 Å². The predicted octanol–water partition coefficient (Wildman–Crippen LogP) is 2.64. The molecule has 1 aromatic carbocycles. The van der Waals surface area contributed by atoms with Crippen molar-refractivity contribution in [3.8, 4) is 11.1 Å². The summed E-state index contributed by atoms with van der Waals surface area (Å²) in [6, 6.07) is 9.22. The topological polar surface area (TPSA) is 88.7 Å². The molecule has 3 aromatic rings. The number of nitrogens with one attached hydrogen (secondary N) is 1. The van der Waals surface area contributed by atoms with Gasteiger partial charge in [-0.15, -0.1) is 0 Å². The Morgan fingerprint density at radius 3 is 2.71 bits per heavy atom. The summed E-state index contributed by atoms with van der Waals surface area (Å²) in [7, 11) is 1.75. The molecule has 0 bridgehead atoms. The van der Waals surface area contributed by atoms with Gasteiger partial charge in [-0.2, -0.15) is 0 Å². The average molecular weight is 373 g/mol. The summed E-state index contributed by atoms with van der Waals surface area (Å²) in [4.78, 5) is 37.6. The largest absolute Gasteiger partial charge is 0.319 e. The van der Waals surface area contributed by atoms with E-state index in [4.69, 9.17) is 0 Å². The zero-order chi connectivity index (χ0) is 19.8. The van der Waals surface area contributed by atoms with E-state index in [0.717, 1.165) is 27.7 Å². The summed E-state index contributed by atoms with van der Waals surface area (Å²) < 4.78 is 1.63. The summed E-state index contributed by atoms with van der Waals surface area (Å²) in [5.74, 6) is -0.208. The van der Waals surface area contributed by atoms with Gasteiger partial charge in [0.1, 0.15) is 0 Å². The van der Waals surface area contributed by atoms with Crippen LogP contribution in [0.3, 0.4) is 0 Å². The highest BCUT2D eigenvalue weighted by molar-refractivity contribution is 6.44. The van der Waals surface area contributed by atoms with Crippen molar-refractivity contribution in [3.05, 3.63) is 58.1 Å². The number of pyridine rings is 2. The molecule has 0 radical (unpaired) electrons. The number of carbonyl (C=O) groups is 1. The molecule has 1 aliphatic heterocycles. The van der Waals surface area contributed by atoms with Crippen LogP contribution in [0.2, 0.25) is 0 Å². The van der Waals surface area contributed by atoms with E-state index < -0.39 is 0 Å². The molecule has 3 heterocycles. The van der Waals surface area contributed by atoms with E-state index in [1.54, 1.807) is 36.2 Å². The highest BCUT2D eigenvalue weighted by atomic mass is 16.2. The normalized spacial score (nSPS) is 13.0. The molecule has 0 saturated heterocycles. The molecule has 0 aliphatic carbocycles. The number of rotatable bonds is 3. The Balaban J connectivity index is 1.80. The van der Waals surface area contributed by atoms with Gasteiger partial charge in [-0.25, -0.2) is 4.99 Å². The van der Waals surface area contributed by atoms with Crippen molar-refractivity contribution >= 4 is 34.5 Å². The molecule has 0 unspecified atom stereocenters. The van der Waals surface area contributed by atoms with E-state index in [9.17, 15) is 9.59 Å². The first-order valence-corrected chi connectivity index (χ1v) is 8.90. The first kappa shape index (κ1) is 17.8. The maximum Gasteiger partial charge on any atom is 0.293 e. The SMILES string of the molecule is Cc1cc2c(cn1)cc(-c1cc(NC(=O)C3=NCC=N3)ccc1C)c(=O)n2C. The smallest absolute Gasteiger partial charge is 0.293 e. The highest BCUT2D eigenvalue weighted by Gasteiger charge is 2.15. The number of aryl methyl sites for hydroxylation is 3. The van der Waals surface area contributed by atoms with Gasteiger partial charge in [0.05, 0.1) is 12.1 Å². The fourth-order valence-corrected chi connectivity index (χ4v) is 3.26. The summed E-state index contributed by atoms with van der Waals surface area (Å²) in [5, 5.41) is 3.68. The predicted molar refractivity (Wildman–Crippen MR) is 111 cm³/mol. The minimum absolute atomic E-state index is 0.102. The second kappa shape index (κ2) is 6.84. The molecule has 4 rings (SSSR count). The Morgan fingerprint density at radius 1 is 1.14 bits per heavy atom. The molecule has 7 nitrogen and oxygen atoms in total. The maximum absolute atomic E-state index is 13.0. The van der Waals surface area contributed by atoms with Crippen LogP contribution in [0.4, 0.5) is 5.69 Å². The summed E-state index contributed by atoms with van der Waals surface area (Å²) in [6.45, 7) is 4.25. The molecular formula is C21H19N5O2. The lowest BCUT2D eigenvalue weighted by Gasteiger charge is -2.13. The number of benzene rings is 1. The molecule has 28 heavy (non-hydrogen) atoms. The fourth-order valence-electron chi connectivity index (χ4n) is 3.26. The average Bonchev–Trinajstić information content (AvgIpc) is 3.22. The lowest BCUT2D eigenvalue weighted by atomic mass is 9.99. The lowest BCUT2D eigenvalue weighted by molar-refractivity contribution is -0.110. The second-order valence-corrected chi connectivity index (χ2v) is 6.77. The van der Waals surface area contributed by atoms with Gasteiger partial charge in [0.15, 0.2) is 0 Å². The Labute approximate surface area is 161 Å². The van der Waals surface area contributed by atoms with Crippen LogP contribution < -0.4 is 10.9 Å². The van der Waals surface area contributed by atoms with Crippen LogP contribution in [-0.4, -0.2) is 34.1 Å². The van der Waals surface area contributed by atoms with Gasteiger partial charge in [0, 0.05) is 41.8 Å². The molecule has 0 atom stereocenters. The zero-order valence-electron chi connectivity index (χ0n) is 15.9. The van der Waals surface area contributed by atoms with Crippen molar-refractivity contribution in [1.82, 2.24) is 9.55 Å². The number of fused-ring (bicyclic) bond motifs is 1. The van der Waals surface area contributed by atoms with Crippen molar-refractivity contribution in [2.45, 2.75) is 13.8 Å². The number of amidine groups is 1. The van der Waals surface area contributed by atoms with Crippen molar-refractivity contribution in [3.63, 3.8) is 0 Å². The number of aromatic nitrogens is 2. The number of hydrogen-bond acceptors (Lipinski definition) is 5. The number of anilines is 1. The lowest BCUT2D eigenvalue weighted by Crippen LogP contribution is -2.21. The third-order valence-corrected chi connectivity index (χ3v) is 4.77. The Kier molecular flexibility index (Phi) is 4.35. The van der Waals surface area contributed by atoms with Crippen LogP contribution in [0.1, 0.15) is 11.3 Å². The number of nitrogens with zero attached hydrogens (tertiary/aromatic N) is 4. The third kappa shape index (κ3) is 3.11. The number of amides is 1. The van der Waals surface area contributed by atoms with Gasteiger partial charge in [-0.3, -0.25) is 19.6 Å². The third-order valence-electron chi connectivity index (χ3n) is 4.77. The van der Waals surface area contributed by atoms with E-state index >= 15 is 0 Å². The van der Waals surface area contributed by atoms with Crippen molar-refractivity contribution in [2.75, 3.05) is 11.9 Å². The zero-order valence-corrected chi connectivity index (χ0v) is 15.9. The molecular weight excluding hydrogens is 354 g/mol. The van der Waals surface area contributed by atoms with Crippen molar-refractivity contribution < 1.29 is 4.79 Å². The van der Waals surface area contributed by atoms with E-state index in [0.29, 0.717) is 17.8 Å². The van der Waals surface area contributed by atoms with Crippen molar-refractivity contribution in [1.29, 1.82) is 0 Å². The van der Waals surface area contributed by atoms with Crippen LogP contribution in [0.5, 0.6) is 0 Å². The maximum atomic E-state index is 13.0. The van der Waals surface area contributed by atoms with Gasteiger partial charge >= 0.3 is 0 Å². The van der Waals surface area contributed by atoms with Gasteiger partial charge in [-0.1, -0.05) is 6.07 Å². The van der Waals surface area contributed by atoms with Crippen molar-refractivity contribution in [2.24, 2.45) is 17.0 Å². The summed E-state index contributed by atoms with van der Waals surface area (Å²) in [5.41, 5.74) is 4.43. The Morgan fingerprint density at radius 2 is 1.96 bits per heavy atom. The van der Waals surface area contributed by atoms with Crippen LogP contribution in [-0.2, 0) is 11.8 Å². The number of aliphatic imine (C=N–C) groups is 2. The van der Waals surface area contributed by atoms with Crippen LogP contribution in [0.25, 0.3) is 22.0 Å². The van der Waals surface area contributed by atoms with Gasteiger partial charge in [0.25, 0.3) is 11.5 Å². The van der Waals surface area contributed by atoms with Gasteiger partial charge in [0.2, 0.25) is 5.84 Å². The molecule has 7 heteroatoms. The van der Waals surface area contributed by atoms with Gasteiger partial charge < -0.3 is 9.88 Å². The minimum Gasteiger partial charge on any atom is -0.319 e. The fraction of sp³-hybridized carbons (Fsp3) is 0.190. The summed E-state index contributed by atoms with van der Waals surface area (Å²) >= 11 is 0. The highest BCUT2D eigenvalue weighted by Crippen LogP contribution is 2.27. The standard InChI is InChI=1S/C21H19N5O2/c1-12-4-5-15(25-20(27)19-22-6-7-23-19)10-16(12)17-9-14-11-24-13(2)8-18(14)26(3)21(17)28/h4-6,8-11H,7H2,1-3H3,(H,25,27). The van der Waals surface area contributed by atoms with E-state index in [1.807, 2.05) is 32.0 Å².